The minimum atomic E-state index is -0.732. The van der Waals surface area contributed by atoms with Crippen molar-refractivity contribution in [2.75, 3.05) is 14.2 Å². The zero-order valence-corrected chi connectivity index (χ0v) is 19.0. The zero-order chi connectivity index (χ0) is 23.5. The fourth-order valence-corrected chi connectivity index (χ4v) is 3.13. The summed E-state index contributed by atoms with van der Waals surface area (Å²) in [6.45, 7) is 4.13. The van der Waals surface area contributed by atoms with E-state index in [0.29, 0.717) is 24.3 Å². The Kier molecular flexibility index (Phi) is 9.53. The molecule has 0 aliphatic carbocycles. The van der Waals surface area contributed by atoms with Gasteiger partial charge in [-0.3, -0.25) is 20.3 Å². The molecule has 0 fully saturated rings. The highest BCUT2D eigenvalue weighted by Gasteiger charge is 2.21. The molecule has 2 rings (SSSR count). The van der Waals surface area contributed by atoms with E-state index in [1.165, 1.54) is 0 Å². The summed E-state index contributed by atoms with van der Waals surface area (Å²) in [6.07, 6.45) is 0.667. The number of hydrogen-bond acceptors (Lipinski definition) is 5. The van der Waals surface area contributed by atoms with Crippen molar-refractivity contribution in [1.29, 1.82) is 5.41 Å². The van der Waals surface area contributed by atoms with Crippen LogP contribution in [-0.4, -0.2) is 38.0 Å². The standard InChI is InChI=1S/C24H32N4O4/c1-16(2)12-22(29)28-24(25)27-19(13-17-8-6-5-7-9-17)23(30)26-15-18-10-11-20(31-3)21(14-18)32-4/h5-11,14,16,19H,12-13,15H2,1-4H3,(H,26,30)(H3,25,27,28,29)/t19-/m1/s1. The molecule has 172 valence electrons. The van der Waals surface area contributed by atoms with Crippen LogP contribution in [0.15, 0.2) is 48.5 Å². The number of nitrogens with one attached hydrogen (secondary N) is 4. The van der Waals surface area contributed by atoms with Gasteiger partial charge in [-0.15, -0.1) is 0 Å². The second kappa shape index (κ2) is 12.3. The van der Waals surface area contributed by atoms with Crippen LogP contribution in [0.5, 0.6) is 11.5 Å². The fourth-order valence-electron chi connectivity index (χ4n) is 3.13. The van der Waals surface area contributed by atoms with Gasteiger partial charge in [0.25, 0.3) is 0 Å². The van der Waals surface area contributed by atoms with E-state index >= 15 is 0 Å². The Hall–Kier alpha value is -3.55. The Morgan fingerprint density at radius 2 is 1.66 bits per heavy atom. The van der Waals surface area contributed by atoms with Crippen LogP contribution in [0.3, 0.4) is 0 Å². The van der Waals surface area contributed by atoms with E-state index < -0.39 is 6.04 Å². The number of ether oxygens (including phenoxy) is 2. The number of carbonyl (C=O) groups excluding carboxylic acids is 2. The highest BCUT2D eigenvalue weighted by Crippen LogP contribution is 2.27. The first-order chi connectivity index (χ1) is 15.3. The Labute approximate surface area is 189 Å². The average molecular weight is 441 g/mol. The number of methoxy groups -OCH3 is 2. The molecular weight excluding hydrogens is 408 g/mol. The van der Waals surface area contributed by atoms with E-state index in [0.717, 1.165) is 11.1 Å². The van der Waals surface area contributed by atoms with Crippen LogP contribution in [0.1, 0.15) is 31.4 Å². The molecule has 0 saturated carbocycles. The minimum Gasteiger partial charge on any atom is -0.493 e. The summed E-state index contributed by atoms with van der Waals surface area (Å²) in [6, 6.07) is 14.2. The van der Waals surface area contributed by atoms with Gasteiger partial charge in [-0.2, -0.15) is 0 Å². The summed E-state index contributed by atoms with van der Waals surface area (Å²) in [5.41, 5.74) is 1.78. The molecule has 8 heteroatoms. The van der Waals surface area contributed by atoms with Crippen molar-refractivity contribution >= 4 is 17.8 Å². The largest absolute Gasteiger partial charge is 0.493 e. The molecule has 0 spiro atoms. The Bertz CT molecular complexity index is 915. The summed E-state index contributed by atoms with van der Waals surface area (Å²) in [5, 5.41) is 16.3. The van der Waals surface area contributed by atoms with Gasteiger partial charge in [-0.25, -0.2) is 0 Å². The lowest BCUT2D eigenvalue weighted by Crippen LogP contribution is -2.52. The number of carbonyl (C=O) groups is 2. The van der Waals surface area contributed by atoms with Crippen molar-refractivity contribution in [3.63, 3.8) is 0 Å². The molecule has 2 aromatic carbocycles. The van der Waals surface area contributed by atoms with E-state index in [1.807, 2.05) is 50.2 Å². The van der Waals surface area contributed by atoms with Crippen LogP contribution >= 0.6 is 0 Å². The maximum absolute atomic E-state index is 13.0. The van der Waals surface area contributed by atoms with Crippen LogP contribution in [0.25, 0.3) is 0 Å². The molecule has 0 aliphatic heterocycles. The van der Waals surface area contributed by atoms with Crippen molar-refractivity contribution in [3.8, 4) is 11.5 Å². The Balaban J connectivity index is 2.06. The SMILES string of the molecule is COc1ccc(CNC(=O)[C@@H](Cc2ccccc2)NC(=N)NC(=O)CC(C)C)cc1OC. The van der Waals surface area contributed by atoms with Gasteiger partial charge in [-0.05, 0) is 29.2 Å². The minimum absolute atomic E-state index is 0.174. The van der Waals surface area contributed by atoms with Crippen LogP contribution < -0.4 is 25.4 Å². The molecule has 0 aromatic heterocycles. The molecule has 0 aliphatic rings. The molecule has 0 unspecified atom stereocenters. The second-order valence-electron chi connectivity index (χ2n) is 7.81. The first kappa shape index (κ1) is 24.7. The Morgan fingerprint density at radius 1 is 0.969 bits per heavy atom. The highest BCUT2D eigenvalue weighted by atomic mass is 16.5. The molecule has 0 heterocycles. The summed E-state index contributed by atoms with van der Waals surface area (Å²) in [5.74, 6) is 0.614. The van der Waals surface area contributed by atoms with E-state index in [4.69, 9.17) is 14.9 Å². The first-order valence-corrected chi connectivity index (χ1v) is 10.5. The van der Waals surface area contributed by atoms with Crippen molar-refractivity contribution in [3.05, 3.63) is 59.7 Å². The third-order valence-electron chi connectivity index (χ3n) is 4.69. The van der Waals surface area contributed by atoms with Crippen molar-refractivity contribution < 1.29 is 19.1 Å². The van der Waals surface area contributed by atoms with E-state index in [2.05, 4.69) is 16.0 Å². The van der Waals surface area contributed by atoms with Crippen molar-refractivity contribution in [2.45, 2.75) is 39.3 Å². The molecule has 0 saturated heterocycles. The molecule has 0 radical (unpaired) electrons. The predicted molar refractivity (Wildman–Crippen MR) is 124 cm³/mol. The van der Waals surface area contributed by atoms with Gasteiger partial charge in [0.15, 0.2) is 17.5 Å². The van der Waals surface area contributed by atoms with E-state index in [-0.39, 0.29) is 30.2 Å². The number of hydrogen-bond donors (Lipinski definition) is 4. The fraction of sp³-hybridized carbons (Fsp3) is 0.375. The number of guanidine groups is 1. The summed E-state index contributed by atoms with van der Waals surface area (Å²) >= 11 is 0. The van der Waals surface area contributed by atoms with Crippen molar-refractivity contribution in [1.82, 2.24) is 16.0 Å². The number of rotatable bonds is 10. The third kappa shape index (κ3) is 7.94. The molecule has 8 nitrogen and oxygen atoms in total. The molecule has 0 bridgehead atoms. The van der Waals surface area contributed by atoms with Crippen LogP contribution in [-0.2, 0) is 22.6 Å². The van der Waals surface area contributed by atoms with Crippen LogP contribution in [0, 0.1) is 11.3 Å². The molecular formula is C24H32N4O4. The monoisotopic (exact) mass is 440 g/mol. The molecule has 1 atom stereocenters. The number of benzene rings is 2. The van der Waals surface area contributed by atoms with Gasteiger partial charge in [0, 0.05) is 19.4 Å². The second-order valence-corrected chi connectivity index (χ2v) is 7.81. The topological polar surface area (TPSA) is 113 Å². The van der Waals surface area contributed by atoms with E-state index in [9.17, 15) is 9.59 Å². The maximum Gasteiger partial charge on any atom is 0.243 e. The summed E-state index contributed by atoms with van der Waals surface area (Å²) < 4.78 is 10.5. The van der Waals surface area contributed by atoms with Gasteiger partial charge < -0.3 is 20.1 Å². The normalized spacial score (nSPS) is 11.4. The number of amides is 2. The lowest BCUT2D eigenvalue weighted by Gasteiger charge is -2.21. The van der Waals surface area contributed by atoms with Gasteiger partial charge >= 0.3 is 0 Å². The quantitative estimate of drug-likeness (QED) is 0.335. The van der Waals surface area contributed by atoms with Gasteiger partial charge in [0.1, 0.15) is 6.04 Å². The van der Waals surface area contributed by atoms with Crippen LogP contribution in [0.2, 0.25) is 0 Å². The lowest BCUT2D eigenvalue weighted by molar-refractivity contribution is -0.123. The highest BCUT2D eigenvalue weighted by molar-refractivity contribution is 5.97. The Morgan fingerprint density at radius 3 is 2.28 bits per heavy atom. The van der Waals surface area contributed by atoms with Crippen molar-refractivity contribution in [2.24, 2.45) is 5.92 Å². The summed E-state index contributed by atoms with van der Waals surface area (Å²) in [4.78, 5) is 24.9. The molecule has 2 aromatic rings. The summed E-state index contributed by atoms with van der Waals surface area (Å²) in [7, 11) is 3.12. The first-order valence-electron chi connectivity index (χ1n) is 10.5. The molecule has 2 amide bonds. The smallest absolute Gasteiger partial charge is 0.243 e. The molecule has 4 N–H and O–H groups in total. The van der Waals surface area contributed by atoms with Gasteiger partial charge in [0.2, 0.25) is 11.8 Å². The van der Waals surface area contributed by atoms with Gasteiger partial charge in [0.05, 0.1) is 14.2 Å². The molecule has 32 heavy (non-hydrogen) atoms. The third-order valence-corrected chi connectivity index (χ3v) is 4.69. The predicted octanol–water partition coefficient (Wildman–Crippen LogP) is 2.62. The lowest BCUT2D eigenvalue weighted by atomic mass is 10.1. The maximum atomic E-state index is 13.0. The zero-order valence-electron chi connectivity index (χ0n) is 19.0. The van der Waals surface area contributed by atoms with Crippen LogP contribution in [0.4, 0.5) is 0 Å². The van der Waals surface area contributed by atoms with E-state index in [1.54, 1.807) is 26.4 Å². The average Bonchev–Trinajstić information content (AvgIpc) is 2.76. The van der Waals surface area contributed by atoms with Gasteiger partial charge in [-0.1, -0.05) is 50.2 Å².